The standard InChI is InChI=1S/C15H24N4/c1-12(14-5-3-2-4-6-14)19-9-7-13(8-10-19)11-18-15(16)17/h2-6,12-13H,7-11H2,1H3,(H4,16,17,18). The summed E-state index contributed by atoms with van der Waals surface area (Å²) in [6, 6.07) is 11.2. The molecule has 0 spiro atoms. The number of nitrogens with two attached hydrogens (primary N) is 2. The highest BCUT2D eigenvalue weighted by molar-refractivity contribution is 5.75. The molecule has 0 radical (unpaired) electrons. The molecule has 0 aliphatic carbocycles. The lowest BCUT2D eigenvalue weighted by atomic mass is 9.95. The van der Waals surface area contributed by atoms with E-state index in [1.807, 2.05) is 0 Å². The summed E-state index contributed by atoms with van der Waals surface area (Å²) in [5.41, 5.74) is 12.2. The topological polar surface area (TPSA) is 67.6 Å². The summed E-state index contributed by atoms with van der Waals surface area (Å²) in [4.78, 5) is 6.67. The van der Waals surface area contributed by atoms with Crippen LogP contribution in [-0.2, 0) is 0 Å². The average Bonchev–Trinajstić information content (AvgIpc) is 2.46. The fourth-order valence-electron chi connectivity index (χ4n) is 2.70. The van der Waals surface area contributed by atoms with E-state index in [4.69, 9.17) is 11.5 Å². The highest BCUT2D eigenvalue weighted by Crippen LogP contribution is 2.26. The second-order valence-corrected chi connectivity index (χ2v) is 5.33. The lowest BCUT2D eigenvalue weighted by Gasteiger charge is -2.35. The number of rotatable bonds is 4. The van der Waals surface area contributed by atoms with Gasteiger partial charge >= 0.3 is 0 Å². The Kier molecular flexibility index (Phi) is 4.80. The first-order chi connectivity index (χ1) is 9.16. The molecule has 1 fully saturated rings. The van der Waals surface area contributed by atoms with Crippen molar-refractivity contribution in [2.24, 2.45) is 22.4 Å². The fourth-order valence-corrected chi connectivity index (χ4v) is 2.70. The van der Waals surface area contributed by atoms with Crippen molar-refractivity contribution < 1.29 is 0 Å². The van der Waals surface area contributed by atoms with Crippen LogP contribution in [-0.4, -0.2) is 30.5 Å². The van der Waals surface area contributed by atoms with Gasteiger partial charge in [0.1, 0.15) is 0 Å². The summed E-state index contributed by atoms with van der Waals surface area (Å²) in [6.07, 6.45) is 2.35. The van der Waals surface area contributed by atoms with Gasteiger partial charge in [-0.05, 0) is 44.3 Å². The number of likely N-dealkylation sites (tertiary alicyclic amines) is 1. The van der Waals surface area contributed by atoms with Gasteiger partial charge < -0.3 is 11.5 Å². The van der Waals surface area contributed by atoms with Gasteiger partial charge in [-0.15, -0.1) is 0 Å². The molecule has 2 rings (SSSR count). The summed E-state index contributed by atoms with van der Waals surface area (Å²) in [7, 11) is 0. The van der Waals surface area contributed by atoms with Gasteiger partial charge in [-0.2, -0.15) is 0 Å². The number of guanidine groups is 1. The third-order valence-electron chi connectivity index (χ3n) is 4.01. The van der Waals surface area contributed by atoms with E-state index in [1.165, 1.54) is 18.4 Å². The Bertz CT molecular complexity index is 403. The highest BCUT2D eigenvalue weighted by atomic mass is 15.2. The van der Waals surface area contributed by atoms with Crippen LogP contribution >= 0.6 is 0 Å². The second-order valence-electron chi connectivity index (χ2n) is 5.33. The maximum atomic E-state index is 5.38. The monoisotopic (exact) mass is 260 g/mol. The summed E-state index contributed by atoms with van der Waals surface area (Å²) >= 11 is 0. The van der Waals surface area contributed by atoms with Crippen molar-refractivity contribution in [1.82, 2.24) is 4.90 Å². The highest BCUT2D eigenvalue weighted by Gasteiger charge is 2.23. The van der Waals surface area contributed by atoms with Crippen LogP contribution < -0.4 is 11.5 Å². The molecule has 4 N–H and O–H groups in total. The molecular weight excluding hydrogens is 236 g/mol. The van der Waals surface area contributed by atoms with Crippen LogP contribution in [0.1, 0.15) is 31.4 Å². The third kappa shape index (κ3) is 3.96. The Labute approximate surface area is 115 Å². The summed E-state index contributed by atoms with van der Waals surface area (Å²) in [5.74, 6) is 0.835. The van der Waals surface area contributed by atoms with E-state index < -0.39 is 0 Å². The van der Waals surface area contributed by atoms with Crippen molar-refractivity contribution in [2.45, 2.75) is 25.8 Å². The van der Waals surface area contributed by atoms with Gasteiger partial charge in [0.25, 0.3) is 0 Å². The number of aliphatic imine (C=N–C) groups is 1. The quantitative estimate of drug-likeness (QED) is 0.640. The second kappa shape index (κ2) is 6.57. The third-order valence-corrected chi connectivity index (χ3v) is 4.01. The van der Waals surface area contributed by atoms with Gasteiger partial charge in [0.2, 0.25) is 0 Å². The van der Waals surface area contributed by atoms with Crippen molar-refractivity contribution in [2.75, 3.05) is 19.6 Å². The average molecular weight is 260 g/mol. The van der Waals surface area contributed by atoms with Crippen LogP contribution in [0.25, 0.3) is 0 Å². The Morgan fingerprint density at radius 2 is 1.89 bits per heavy atom. The molecule has 4 heteroatoms. The molecule has 1 heterocycles. The van der Waals surface area contributed by atoms with Crippen molar-refractivity contribution >= 4 is 5.96 Å². The van der Waals surface area contributed by atoms with E-state index in [9.17, 15) is 0 Å². The van der Waals surface area contributed by atoms with Crippen LogP contribution in [0, 0.1) is 5.92 Å². The number of piperidine rings is 1. The van der Waals surface area contributed by atoms with Crippen molar-refractivity contribution in [3.8, 4) is 0 Å². The van der Waals surface area contributed by atoms with Crippen molar-refractivity contribution in [1.29, 1.82) is 0 Å². The molecule has 1 aromatic carbocycles. The molecule has 1 aliphatic rings. The molecule has 0 amide bonds. The minimum absolute atomic E-state index is 0.208. The zero-order valence-electron chi connectivity index (χ0n) is 11.6. The molecule has 1 atom stereocenters. The van der Waals surface area contributed by atoms with E-state index in [0.717, 1.165) is 19.6 Å². The number of benzene rings is 1. The minimum atomic E-state index is 0.208. The first kappa shape index (κ1) is 13.9. The van der Waals surface area contributed by atoms with Crippen LogP contribution in [0.5, 0.6) is 0 Å². The number of hydrogen-bond acceptors (Lipinski definition) is 2. The molecule has 0 aromatic heterocycles. The Morgan fingerprint density at radius 3 is 2.47 bits per heavy atom. The first-order valence-electron chi connectivity index (χ1n) is 7.01. The predicted molar refractivity (Wildman–Crippen MR) is 79.8 cm³/mol. The summed E-state index contributed by atoms with van der Waals surface area (Å²) < 4.78 is 0. The fraction of sp³-hybridized carbons (Fsp3) is 0.533. The Balaban J connectivity index is 1.85. The lowest BCUT2D eigenvalue weighted by molar-refractivity contribution is 0.144. The molecule has 0 bridgehead atoms. The lowest BCUT2D eigenvalue weighted by Crippen LogP contribution is -2.36. The number of hydrogen-bond donors (Lipinski definition) is 2. The molecule has 104 valence electrons. The minimum Gasteiger partial charge on any atom is -0.370 e. The molecule has 19 heavy (non-hydrogen) atoms. The normalized spacial score (nSPS) is 19.0. The SMILES string of the molecule is CC(c1ccccc1)N1CCC(CN=C(N)N)CC1. The van der Waals surface area contributed by atoms with E-state index in [-0.39, 0.29) is 5.96 Å². The molecule has 1 saturated heterocycles. The zero-order chi connectivity index (χ0) is 13.7. The first-order valence-corrected chi connectivity index (χ1v) is 7.01. The van der Waals surface area contributed by atoms with Crippen LogP contribution in [0.2, 0.25) is 0 Å². The summed E-state index contributed by atoms with van der Waals surface area (Å²) in [6.45, 7) is 5.31. The van der Waals surface area contributed by atoms with Gasteiger partial charge in [-0.25, -0.2) is 0 Å². The zero-order valence-corrected chi connectivity index (χ0v) is 11.6. The van der Waals surface area contributed by atoms with Gasteiger partial charge in [-0.1, -0.05) is 30.3 Å². The van der Waals surface area contributed by atoms with Crippen LogP contribution in [0.4, 0.5) is 0 Å². The molecule has 1 aliphatic heterocycles. The van der Waals surface area contributed by atoms with Crippen molar-refractivity contribution in [3.63, 3.8) is 0 Å². The Hall–Kier alpha value is -1.55. The Morgan fingerprint density at radius 1 is 1.26 bits per heavy atom. The largest absolute Gasteiger partial charge is 0.370 e. The molecule has 1 unspecified atom stereocenters. The van der Waals surface area contributed by atoms with Crippen LogP contribution in [0.15, 0.2) is 35.3 Å². The van der Waals surface area contributed by atoms with Gasteiger partial charge in [-0.3, -0.25) is 9.89 Å². The van der Waals surface area contributed by atoms with Gasteiger partial charge in [0.15, 0.2) is 5.96 Å². The van der Waals surface area contributed by atoms with E-state index in [1.54, 1.807) is 0 Å². The maximum absolute atomic E-state index is 5.38. The van der Waals surface area contributed by atoms with E-state index in [2.05, 4.69) is 47.1 Å². The smallest absolute Gasteiger partial charge is 0.185 e. The maximum Gasteiger partial charge on any atom is 0.185 e. The number of nitrogens with zero attached hydrogens (tertiary/aromatic N) is 2. The van der Waals surface area contributed by atoms with Gasteiger partial charge in [0.05, 0.1) is 0 Å². The van der Waals surface area contributed by atoms with Crippen molar-refractivity contribution in [3.05, 3.63) is 35.9 Å². The van der Waals surface area contributed by atoms with Crippen LogP contribution in [0.3, 0.4) is 0 Å². The molecular formula is C15H24N4. The van der Waals surface area contributed by atoms with E-state index in [0.29, 0.717) is 12.0 Å². The van der Waals surface area contributed by atoms with E-state index >= 15 is 0 Å². The van der Waals surface area contributed by atoms with Gasteiger partial charge in [0, 0.05) is 12.6 Å². The molecule has 1 aromatic rings. The molecule has 4 nitrogen and oxygen atoms in total. The molecule has 0 saturated carbocycles. The predicted octanol–water partition coefficient (Wildman–Crippen LogP) is 1.73. The summed E-state index contributed by atoms with van der Waals surface area (Å²) in [5, 5.41) is 0.